The van der Waals surface area contributed by atoms with Gasteiger partial charge in [0.2, 0.25) is 0 Å². The van der Waals surface area contributed by atoms with Crippen molar-refractivity contribution in [1.29, 1.82) is 0 Å². The molecule has 0 aliphatic carbocycles. The average Bonchev–Trinajstić information content (AvgIpc) is 2.36. The van der Waals surface area contributed by atoms with Crippen molar-refractivity contribution in [2.45, 2.75) is 25.8 Å². The van der Waals surface area contributed by atoms with Crippen LogP contribution >= 0.6 is 11.6 Å². The number of aliphatic imine (C=N–C) groups is 1. The number of alkyl halides is 1. The molecule has 3 rings (SSSR count). The van der Waals surface area contributed by atoms with Crippen molar-refractivity contribution in [3.63, 3.8) is 0 Å². The normalized spacial score (nSPS) is 17.4. The fourth-order valence-electron chi connectivity index (χ4n) is 2.80. The maximum absolute atomic E-state index is 6.06. The van der Waals surface area contributed by atoms with Gasteiger partial charge in [-0.1, -0.05) is 36.4 Å². The Bertz CT molecular complexity index is 641. The number of rotatable bonds is 1. The number of hydrogen-bond donors (Lipinski definition) is 0. The monoisotopic (exact) mass is 257 g/mol. The lowest BCUT2D eigenvalue weighted by atomic mass is 9.84. The number of benzene rings is 2. The first-order valence-corrected chi connectivity index (χ1v) is 6.80. The molecule has 0 N–H and O–H groups in total. The van der Waals surface area contributed by atoms with E-state index < -0.39 is 0 Å². The third kappa shape index (κ3) is 1.83. The molecule has 2 aromatic carbocycles. The largest absolute Gasteiger partial charge is 0.281 e. The molecular weight excluding hydrogens is 242 g/mol. The van der Waals surface area contributed by atoms with E-state index in [-0.39, 0.29) is 5.54 Å². The van der Waals surface area contributed by atoms with Gasteiger partial charge in [-0.15, -0.1) is 11.6 Å². The lowest BCUT2D eigenvalue weighted by Gasteiger charge is -2.29. The van der Waals surface area contributed by atoms with Crippen molar-refractivity contribution in [3.05, 3.63) is 47.5 Å². The first-order valence-electron chi connectivity index (χ1n) is 6.26. The van der Waals surface area contributed by atoms with Crippen LogP contribution in [0.5, 0.6) is 0 Å². The number of nitrogens with zero attached hydrogens (tertiary/aromatic N) is 1. The van der Waals surface area contributed by atoms with Gasteiger partial charge in [0.25, 0.3) is 0 Å². The molecular formula is C16H16ClN. The lowest BCUT2D eigenvalue weighted by molar-refractivity contribution is 0.515. The molecule has 92 valence electrons. The van der Waals surface area contributed by atoms with Crippen molar-refractivity contribution in [2.75, 3.05) is 5.88 Å². The van der Waals surface area contributed by atoms with Crippen LogP contribution in [0.1, 0.15) is 25.0 Å². The minimum atomic E-state index is -0.0542. The summed E-state index contributed by atoms with van der Waals surface area (Å²) < 4.78 is 0. The Kier molecular flexibility index (Phi) is 2.67. The molecule has 1 nitrogen and oxygen atoms in total. The number of halogens is 1. The fourth-order valence-corrected chi connectivity index (χ4v) is 3.00. The molecule has 0 atom stereocenters. The fraction of sp³-hybridized carbons (Fsp3) is 0.312. The van der Waals surface area contributed by atoms with Gasteiger partial charge in [0.1, 0.15) is 0 Å². The van der Waals surface area contributed by atoms with Crippen LogP contribution in [0.15, 0.2) is 41.4 Å². The van der Waals surface area contributed by atoms with Crippen LogP contribution in [-0.2, 0) is 6.42 Å². The molecule has 0 amide bonds. The van der Waals surface area contributed by atoms with Crippen molar-refractivity contribution in [3.8, 4) is 0 Å². The highest BCUT2D eigenvalue weighted by Crippen LogP contribution is 2.32. The third-order valence-corrected chi connectivity index (χ3v) is 3.78. The van der Waals surface area contributed by atoms with E-state index in [1.807, 2.05) is 0 Å². The molecule has 0 unspecified atom stereocenters. The van der Waals surface area contributed by atoms with Gasteiger partial charge in [-0.3, -0.25) is 4.99 Å². The minimum absolute atomic E-state index is 0.0542. The minimum Gasteiger partial charge on any atom is -0.281 e. The molecule has 2 heteroatoms. The summed E-state index contributed by atoms with van der Waals surface area (Å²) in [7, 11) is 0. The Balaban J connectivity index is 2.32. The van der Waals surface area contributed by atoms with Gasteiger partial charge in [-0.2, -0.15) is 0 Å². The lowest BCUT2D eigenvalue weighted by Crippen LogP contribution is -2.29. The van der Waals surface area contributed by atoms with Gasteiger partial charge in [-0.25, -0.2) is 0 Å². The Hall–Kier alpha value is -1.34. The topological polar surface area (TPSA) is 12.4 Å². The molecule has 2 aromatic rings. The Labute approximate surface area is 112 Å². The van der Waals surface area contributed by atoms with E-state index >= 15 is 0 Å². The Morgan fingerprint density at radius 2 is 1.94 bits per heavy atom. The highest BCUT2D eigenvalue weighted by Gasteiger charge is 2.27. The summed E-state index contributed by atoms with van der Waals surface area (Å²) in [6.45, 7) is 4.34. The van der Waals surface area contributed by atoms with Crippen molar-refractivity contribution in [1.82, 2.24) is 0 Å². The molecule has 1 heterocycles. The van der Waals surface area contributed by atoms with Gasteiger partial charge in [0.15, 0.2) is 0 Å². The van der Waals surface area contributed by atoms with E-state index in [4.69, 9.17) is 16.6 Å². The van der Waals surface area contributed by atoms with Gasteiger partial charge < -0.3 is 0 Å². The smallest absolute Gasteiger partial charge is 0.0649 e. The second-order valence-electron chi connectivity index (χ2n) is 5.49. The van der Waals surface area contributed by atoms with Crippen molar-refractivity contribution < 1.29 is 0 Å². The van der Waals surface area contributed by atoms with Crippen LogP contribution in [0.2, 0.25) is 0 Å². The van der Waals surface area contributed by atoms with Crippen LogP contribution in [0.25, 0.3) is 10.8 Å². The highest BCUT2D eigenvalue weighted by molar-refractivity contribution is 6.32. The average molecular weight is 258 g/mol. The van der Waals surface area contributed by atoms with E-state index in [1.54, 1.807) is 0 Å². The Morgan fingerprint density at radius 1 is 1.17 bits per heavy atom. The van der Waals surface area contributed by atoms with E-state index in [1.165, 1.54) is 21.9 Å². The highest BCUT2D eigenvalue weighted by atomic mass is 35.5. The SMILES string of the molecule is CC1(C)Cc2c(ccc3ccccc23)C(CCl)=N1. The van der Waals surface area contributed by atoms with E-state index in [0.29, 0.717) is 5.88 Å². The number of hydrogen-bond acceptors (Lipinski definition) is 1. The molecule has 0 saturated carbocycles. The van der Waals surface area contributed by atoms with Crippen LogP contribution in [0.3, 0.4) is 0 Å². The summed E-state index contributed by atoms with van der Waals surface area (Å²) in [5.74, 6) is 0.481. The maximum Gasteiger partial charge on any atom is 0.0649 e. The third-order valence-electron chi connectivity index (χ3n) is 3.53. The zero-order valence-electron chi connectivity index (χ0n) is 10.7. The van der Waals surface area contributed by atoms with Gasteiger partial charge >= 0.3 is 0 Å². The summed E-state index contributed by atoms with van der Waals surface area (Å²) in [4.78, 5) is 4.77. The van der Waals surface area contributed by atoms with Crippen LogP contribution in [0.4, 0.5) is 0 Å². The zero-order chi connectivity index (χ0) is 12.8. The summed E-state index contributed by atoms with van der Waals surface area (Å²) in [5.41, 5.74) is 3.59. The maximum atomic E-state index is 6.06. The van der Waals surface area contributed by atoms with Crippen molar-refractivity contribution in [2.24, 2.45) is 4.99 Å². The van der Waals surface area contributed by atoms with E-state index in [0.717, 1.165) is 12.1 Å². The predicted molar refractivity (Wildman–Crippen MR) is 79.0 cm³/mol. The molecule has 0 spiro atoms. The molecule has 0 radical (unpaired) electrons. The Morgan fingerprint density at radius 3 is 2.72 bits per heavy atom. The van der Waals surface area contributed by atoms with E-state index in [2.05, 4.69) is 50.2 Å². The van der Waals surface area contributed by atoms with Crippen LogP contribution in [-0.4, -0.2) is 17.1 Å². The predicted octanol–water partition coefficient (Wildman–Crippen LogP) is 4.20. The van der Waals surface area contributed by atoms with Gasteiger partial charge in [0, 0.05) is 5.56 Å². The molecule has 0 fully saturated rings. The first kappa shape index (κ1) is 11.7. The van der Waals surface area contributed by atoms with Crippen LogP contribution < -0.4 is 0 Å². The summed E-state index contributed by atoms with van der Waals surface area (Å²) in [5, 5.41) is 2.63. The number of fused-ring (bicyclic) bond motifs is 3. The summed E-state index contributed by atoms with van der Waals surface area (Å²) in [6, 6.07) is 12.9. The standard InChI is InChI=1S/C16H16ClN/c1-16(2)9-14-12-6-4-3-5-11(12)7-8-13(14)15(10-17)18-16/h3-8H,9-10H2,1-2H3. The summed E-state index contributed by atoms with van der Waals surface area (Å²) >= 11 is 6.06. The molecule has 0 saturated heterocycles. The molecule has 18 heavy (non-hydrogen) atoms. The second-order valence-corrected chi connectivity index (χ2v) is 5.76. The van der Waals surface area contributed by atoms with Crippen LogP contribution in [0, 0.1) is 0 Å². The van der Waals surface area contributed by atoms with E-state index in [9.17, 15) is 0 Å². The molecule has 1 aliphatic heterocycles. The molecule has 0 bridgehead atoms. The van der Waals surface area contributed by atoms with Crippen molar-refractivity contribution >= 4 is 28.1 Å². The summed E-state index contributed by atoms with van der Waals surface area (Å²) in [6.07, 6.45) is 0.976. The quantitative estimate of drug-likeness (QED) is 0.679. The van der Waals surface area contributed by atoms with Gasteiger partial charge in [0.05, 0.1) is 17.1 Å². The molecule has 0 aromatic heterocycles. The zero-order valence-corrected chi connectivity index (χ0v) is 11.5. The first-order chi connectivity index (χ1) is 8.61. The second kappa shape index (κ2) is 4.10. The van der Waals surface area contributed by atoms with Gasteiger partial charge in [-0.05, 0) is 36.6 Å². The molecule has 1 aliphatic rings.